The van der Waals surface area contributed by atoms with Crippen LogP contribution in [-0.4, -0.2) is 14.8 Å². The Balaban J connectivity index is 1.71. The second-order valence-corrected chi connectivity index (χ2v) is 5.96. The molecule has 0 saturated carbocycles. The van der Waals surface area contributed by atoms with Gasteiger partial charge in [-0.05, 0) is 17.2 Å². The largest absolute Gasteiger partial charge is 0.304 e. The van der Waals surface area contributed by atoms with Crippen LogP contribution >= 0.6 is 23.4 Å². The first-order valence-electron chi connectivity index (χ1n) is 6.61. The van der Waals surface area contributed by atoms with E-state index in [2.05, 4.69) is 22.3 Å². The number of thioether (sulfide) groups is 1. The van der Waals surface area contributed by atoms with Crippen molar-refractivity contribution in [3.05, 3.63) is 77.1 Å². The van der Waals surface area contributed by atoms with Crippen LogP contribution in [0.1, 0.15) is 11.1 Å². The number of halogens is 1. The third-order valence-corrected chi connectivity index (χ3v) is 4.51. The molecule has 0 bridgehead atoms. The number of rotatable bonds is 5. The van der Waals surface area contributed by atoms with Gasteiger partial charge >= 0.3 is 0 Å². The molecule has 0 radical (unpaired) electrons. The highest BCUT2D eigenvalue weighted by molar-refractivity contribution is 7.98. The molecule has 0 aliphatic rings. The average Bonchev–Trinajstić information content (AvgIpc) is 2.96. The Labute approximate surface area is 133 Å². The Bertz CT molecular complexity index is 712. The van der Waals surface area contributed by atoms with Gasteiger partial charge in [0.25, 0.3) is 0 Å². The normalized spacial score (nSPS) is 10.7. The zero-order valence-corrected chi connectivity index (χ0v) is 12.9. The lowest BCUT2D eigenvalue weighted by molar-refractivity contribution is 0.708. The number of nitrogens with zero attached hydrogens (tertiary/aromatic N) is 3. The Morgan fingerprint density at radius 2 is 1.76 bits per heavy atom. The maximum atomic E-state index is 6.21. The highest BCUT2D eigenvalue weighted by atomic mass is 35.5. The van der Waals surface area contributed by atoms with Gasteiger partial charge in [0.1, 0.15) is 6.33 Å². The van der Waals surface area contributed by atoms with Gasteiger partial charge in [-0.3, -0.25) is 0 Å². The van der Waals surface area contributed by atoms with Gasteiger partial charge in [0.05, 0.1) is 6.54 Å². The fraction of sp³-hybridized carbons (Fsp3) is 0.125. The molecule has 0 aliphatic heterocycles. The topological polar surface area (TPSA) is 30.7 Å². The van der Waals surface area contributed by atoms with Gasteiger partial charge in [-0.15, -0.1) is 10.2 Å². The molecule has 0 spiro atoms. The summed E-state index contributed by atoms with van der Waals surface area (Å²) in [5.41, 5.74) is 2.34. The number of benzene rings is 2. The predicted octanol–water partition coefficient (Wildman–Crippen LogP) is 4.27. The summed E-state index contributed by atoms with van der Waals surface area (Å²) in [5.74, 6) is 0.877. The number of aromatic nitrogens is 3. The van der Waals surface area contributed by atoms with E-state index in [0.29, 0.717) is 6.54 Å². The van der Waals surface area contributed by atoms with Crippen molar-refractivity contribution in [2.24, 2.45) is 0 Å². The van der Waals surface area contributed by atoms with Crippen LogP contribution in [-0.2, 0) is 12.3 Å². The first-order valence-corrected chi connectivity index (χ1v) is 7.97. The molecule has 0 N–H and O–H groups in total. The molecule has 21 heavy (non-hydrogen) atoms. The summed E-state index contributed by atoms with van der Waals surface area (Å²) in [4.78, 5) is 0. The smallest absolute Gasteiger partial charge is 0.191 e. The van der Waals surface area contributed by atoms with Crippen molar-refractivity contribution in [3.8, 4) is 0 Å². The number of hydrogen-bond acceptors (Lipinski definition) is 3. The maximum absolute atomic E-state index is 6.21. The minimum Gasteiger partial charge on any atom is -0.304 e. The lowest BCUT2D eigenvalue weighted by Crippen LogP contribution is -2.01. The van der Waals surface area contributed by atoms with Gasteiger partial charge < -0.3 is 4.57 Å². The fourth-order valence-corrected chi connectivity index (χ4v) is 3.06. The van der Waals surface area contributed by atoms with Crippen LogP contribution in [0.5, 0.6) is 0 Å². The van der Waals surface area contributed by atoms with E-state index in [4.69, 9.17) is 11.6 Å². The van der Waals surface area contributed by atoms with E-state index in [0.717, 1.165) is 21.5 Å². The highest BCUT2D eigenvalue weighted by Crippen LogP contribution is 2.23. The highest BCUT2D eigenvalue weighted by Gasteiger charge is 2.07. The maximum Gasteiger partial charge on any atom is 0.191 e. The van der Waals surface area contributed by atoms with Crippen molar-refractivity contribution in [2.75, 3.05) is 0 Å². The summed E-state index contributed by atoms with van der Waals surface area (Å²) in [6, 6.07) is 18.2. The van der Waals surface area contributed by atoms with E-state index in [-0.39, 0.29) is 0 Å². The molecule has 0 aliphatic carbocycles. The van der Waals surface area contributed by atoms with Gasteiger partial charge in [-0.1, -0.05) is 71.9 Å². The molecule has 3 aromatic rings. The van der Waals surface area contributed by atoms with Crippen molar-refractivity contribution in [1.82, 2.24) is 14.8 Å². The summed E-state index contributed by atoms with van der Waals surface area (Å²) in [5, 5.41) is 9.87. The second kappa shape index (κ2) is 6.78. The van der Waals surface area contributed by atoms with E-state index in [1.807, 2.05) is 47.0 Å². The van der Waals surface area contributed by atoms with E-state index < -0.39 is 0 Å². The molecule has 0 fully saturated rings. The molecule has 106 valence electrons. The minimum atomic E-state index is 0.684. The predicted molar refractivity (Wildman–Crippen MR) is 86.6 cm³/mol. The lowest BCUT2D eigenvalue weighted by Gasteiger charge is -2.08. The minimum absolute atomic E-state index is 0.684. The van der Waals surface area contributed by atoms with Crippen LogP contribution in [0.25, 0.3) is 0 Å². The molecule has 0 unspecified atom stereocenters. The Morgan fingerprint density at radius 1 is 1.00 bits per heavy atom. The summed E-state index contributed by atoms with van der Waals surface area (Å²) in [7, 11) is 0. The molecule has 1 heterocycles. The van der Waals surface area contributed by atoms with E-state index in [1.54, 1.807) is 18.1 Å². The monoisotopic (exact) mass is 315 g/mol. The van der Waals surface area contributed by atoms with Crippen molar-refractivity contribution in [1.29, 1.82) is 0 Å². The molecule has 2 aromatic carbocycles. The molecule has 5 heteroatoms. The van der Waals surface area contributed by atoms with Gasteiger partial charge in [-0.25, -0.2) is 0 Å². The van der Waals surface area contributed by atoms with Crippen molar-refractivity contribution < 1.29 is 0 Å². The third-order valence-electron chi connectivity index (χ3n) is 3.09. The lowest BCUT2D eigenvalue weighted by atomic mass is 10.2. The molecule has 3 nitrogen and oxygen atoms in total. The fourth-order valence-electron chi connectivity index (χ4n) is 2.00. The van der Waals surface area contributed by atoms with Gasteiger partial charge in [0.15, 0.2) is 5.16 Å². The van der Waals surface area contributed by atoms with Crippen LogP contribution < -0.4 is 0 Å². The van der Waals surface area contributed by atoms with E-state index in [1.165, 1.54) is 5.56 Å². The van der Waals surface area contributed by atoms with Crippen LogP contribution in [0.3, 0.4) is 0 Å². The summed E-state index contributed by atoms with van der Waals surface area (Å²) in [6.07, 6.45) is 1.75. The Morgan fingerprint density at radius 3 is 2.57 bits per heavy atom. The Kier molecular flexibility index (Phi) is 4.58. The first kappa shape index (κ1) is 14.2. The van der Waals surface area contributed by atoms with Crippen molar-refractivity contribution in [3.63, 3.8) is 0 Å². The van der Waals surface area contributed by atoms with Crippen LogP contribution in [0.15, 0.2) is 66.1 Å². The molecule has 3 rings (SSSR count). The summed E-state index contributed by atoms with van der Waals surface area (Å²) in [6.45, 7) is 0.684. The average molecular weight is 316 g/mol. The molecular weight excluding hydrogens is 302 g/mol. The second-order valence-electron chi connectivity index (χ2n) is 4.61. The van der Waals surface area contributed by atoms with Gasteiger partial charge in [0, 0.05) is 10.8 Å². The Hall–Kier alpha value is -1.78. The van der Waals surface area contributed by atoms with Crippen LogP contribution in [0, 0.1) is 0 Å². The molecule has 1 aromatic heterocycles. The van der Waals surface area contributed by atoms with Crippen molar-refractivity contribution in [2.45, 2.75) is 17.5 Å². The van der Waals surface area contributed by atoms with E-state index >= 15 is 0 Å². The zero-order valence-electron chi connectivity index (χ0n) is 11.3. The summed E-state index contributed by atoms with van der Waals surface area (Å²) < 4.78 is 2.02. The molecule has 0 atom stereocenters. The third kappa shape index (κ3) is 3.65. The SMILES string of the molecule is Clc1ccccc1Cn1cnnc1SCc1ccccc1. The number of hydrogen-bond donors (Lipinski definition) is 0. The van der Waals surface area contributed by atoms with Gasteiger partial charge in [-0.2, -0.15) is 0 Å². The zero-order chi connectivity index (χ0) is 14.5. The van der Waals surface area contributed by atoms with Crippen molar-refractivity contribution >= 4 is 23.4 Å². The van der Waals surface area contributed by atoms with Crippen LogP contribution in [0.4, 0.5) is 0 Å². The van der Waals surface area contributed by atoms with Gasteiger partial charge in [0.2, 0.25) is 0 Å². The standard InChI is InChI=1S/C16H14ClN3S/c17-15-9-5-4-8-14(15)10-20-12-18-19-16(20)21-11-13-6-2-1-3-7-13/h1-9,12H,10-11H2. The quantitative estimate of drug-likeness (QED) is 0.659. The first-order chi connectivity index (χ1) is 10.3. The molecule has 0 amide bonds. The summed E-state index contributed by atoms with van der Waals surface area (Å²) >= 11 is 7.88. The van der Waals surface area contributed by atoms with E-state index in [9.17, 15) is 0 Å². The molecule has 0 saturated heterocycles. The molecular formula is C16H14ClN3S. The van der Waals surface area contributed by atoms with Crippen LogP contribution in [0.2, 0.25) is 5.02 Å².